The lowest BCUT2D eigenvalue weighted by Gasteiger charge is -2.23. The SMILES string of the molecule is Cl.O=C(O)[C@H]1Cc2cc(F)c(F)cc2CN1. The second kappa shape index (κ2) is 4.76. The van der Waals surface area contributed by atoms with Gasteiger partial charge in [0.1, 0.15) is 6.04 Å². The van der Waals surface area contributed by atoms with Crippen molar-refractivity contribution in [1.82, 2.24) is 5.32 Å². The van der Waals surface area contributed by atoms with Gasteiger partial charge in [0, 0.05) is 6.54 Å². The molecular formula is C10H10ClF2NO2. The van der Waals surface area contributed by atoms with E-state index in [0.29, 0.717) is 11.1 Å². The van der Waals surface area contributed by atoms with E-state index in [1.54, 1.807) is 0 Å². The molecule has 0 saturated carbocycles. The Hall–Kier alpha value is -1.20. The molecule has 1 heterocycles. The number of halogens is 3. The van der Waals surface area contributed by atoms with Crippen molar-refractivity contribution in [2.24, 2.45) is 0 Å². The second-order valence-electron chi connectivity index (χ2n) is 3.51. The number of rotatable bonds is 1. The van der Waals surface area contributed by atoms with E-state index in [1.165, 1.54) is 0 Å². The van der Waals surface area contributed by atoms with Crippen LogP contribution in [0.4, 0.5) is 8.78 Å². The third kappa shape index (κ3) is 2.31. The molecule has 1 atom stereocenters. The summed E-state index contributed by atoms with van der Waals surface area (Å²) >= 11 is 0. The summed E-state index contributed by atoms with van der Waals surface area (Å²) in [4.78, 5) is 10.7. The molecule has 0 aliphatic carbocycles. The average molecular weight is 250 g/mol. The highest BCUT2D eigenvalue weighted by Crippen LogP contribution is 2.20. The van der Waals surface area contributed by atoms with Crippen molar-refractivity contribution in [3.05, 3.63) is 34.9 Å². The van der Waals surface area contributed by atoms with Gasteiger partial charge in [0.2, 0.25) is 0 Å². The summed E-state index contributed by atoms with van der Waals surface area (Å²) < 4.78 is 25.7. The van der Waals surface area contributed by atoms with E-state index >= 15 is 0 Å². The molecule has 0 saturated heterocycles. The van der Waals surface area contributed by atoms with Crippen LogP contribution in [0.5, 0.6) is 0 Å². The molecule has 3 nitrogen and oxygen atoms in total. The number of aliphatic carboxylic acids is 1. The third-order valence-corrected chi connectivity index (χ3v) is 2.50. The van der Waals surface area contributed by atoms with Crippen LogP contribution in [0.2, 0.25) is 0 Å². The Bertz CT molecular complexity index is 426. The van der Waals surface area contributed by atoms with Crippen molar-refractivity contribution >= 4 is 18.4 Å². The first-order valence-electron chi connectivity index (χ1n) is 4.51. The molecule has 1 aromatic rings. The quantitative estimate of drug-likeness (QED) is 0.793. The monoisotopic (exact) mass is 249 g/mol. The minimum Gasteiger partial charge on any atom is -0.480 e. The zero-order valence-corrected chi connectivity index (χ0v) is 8.98. The van der Waals surface area contributed by atoms with Crippen molar-refractivity contribution in [3.8, 4) is 0 Å². The number of carboxylic acids is 1. The number of fused-ring (bicyclic) bond motifs is 1. The van der Waals surface area contributed by atoms with E-state index in [-0.39, 0.29) is 25.4 Å². The van der Waals surface area contributed by atoms with Crippen LogP contribution in [-0.2, 0) is 17.8 Å². The lowest BCUT2D eigenvalue weighted by atomic mass is 9.95. The Kier molecular flexibility index (Phi) is 3.83. The lowest BCUT2D eigenvalue weighted by Crippen LogP contribution is -2.41. The van der Waals surface area contributed by atoms with Gasteiger partial charge in [0.15, 0.2) is 11.6 Å². The number of hydrogen-bond donors (Lipinski definition) is 2. The number of hydrogen-bond acceptors (Lipinski definition) is 2. The topological polar surface area (TPSA) is 49.3 Å². The smallest absolute Gasteiger partial charge is 0.321 e. The minimum atomic E-state index is -0.981. The van der Waals surface area contributed by atoms with Crippen LogP contribution in [-0.4, -0.2) is 17.1 Å². The molecule has 2 N–H and O–H groups in total. The molecule has 1 aliphatic heterocycles. The van der Waals surface area contributed by atoms with Gasteiger partial charge in [-0.15, -0.1) is 12.4 Å². The summed E-state index contributed by atoms with van der Waals surface area (Å²) in [6, 6.07) is 1.46. The van der Waals surface area contributed by atoms with Gasteiger partial charge in [-0.2, -0.15) is 0 Å². The highest BCUT2D eigenvalue weighted by Gasteiger charge is 2.24. The van der Waals surface area contributed by atoms with Crippen LogP contribution < -0.4 is 5.32 Å². The first-order valence-corrected chi connectivity index (χ1v) is 4.51. The summed E-state index contributed by atoms with van der Waals surface area (Å²) in [5.41, 5.74) is 1.17. The van der Waals surface area contributed by atoms with E-state index < -0.39 is 23.6 Å². The Morgan fingerprint density at radius 3 is 2.44 bits per heavy atom. The average Bonchev–Trinajstić information content (AvgIpc) is 2.19. The zero-order valence-electron chi connectivity index (χ0n) is 8.17. The van der Waals surface area contributed by atoms with Gasteiger partial charge in [0.25, 0.3) is 0 Å². The van der Waals surface area contributed by atoms with E-state index in [1.807, 2.05) is 0 Å². The number of benzene rings is 1. The number of nitrogens with one attached hydrogen (secondary N) is 1. The van der Waals surface area contributed by atoms with Gasteiger partial charge in [-0.3, -0.25) is 4.79 Å². The fourth-order valence-electron chi connectivity index (χ4n) is 1.68. The van der Waals surface area contributed by atoms with Crippen LogP contribution in [0.25, 0.3) is 0 Å². The molecule has 1 aliphatic rings. The molecule has 6 heteroatoms. The Morgan fingerprint density at radius 2 is 1.88 bits per heavy atom. The van der Waals surface area contributed by atoms with Gasteiger partial charge in [-0.05, 0) is 29.7 Å². The maximum Gasteiger partial charge on any atom is 0.321 e. The van der Waals surface area contributed by atoms with Gasteiger partial charge in [-0.25, -0.2) is 8.78 Å². The summed E-state index contributed by atoms with van der Waals surface area (Å²) in [5, 5.41) is 11.5. The predicted molar refractivity (Wildman–Crippen MR) is 55.6 cm³/mol. The van der Waals surface area contributed by atoms with Crippen molar-refractivity contribution < 1.29 is 18.7 Å². The fraction of sp³-hybridized carbons (Fsp3) is 0.300. The molecule has 0 fully saturated rings. The van der Waals surface area contributed by atoms with Crippen LogP contribution in [0.15, 0.2) is 12.1 Å². The molecule has 0 aromatic heterocycles. The molecule has 0 radical (unpaired) electrons. The third-order valence-electron chi connectivity index (χ3n) is 2.50. The largest absolute Gasteiger partial charge is 0.480 e. The summed E-state index contributed by atoms with van der Waals surface area (Å²) in [7, 11) is 0. The molecule has 16 heavy (non-hydrogen) atoms. The predicted octanol–water partition coefficient (Wildman–Crippen LogP) is 1.49. The second-order valence-corrected chi connectivity index (χ2v) is 3.51. The zero-order chi connectivity index (χ0) is 11.0. The number of carboxylic acid groups (broad SMARTS) is 1. The Balaban J connectivity index is 0.00000128. The Morgan fingerprint density at radius 1 is 1.31 bits per heavy atom. The van der Waals surface area contributed by atoms with Crippen LogP contribution >= 0.6 is 12.4 Å². The maximum absolute atomic E-state index is 12.9. The standard InChI is InChI=1S/C10H9F2NO2.ClH/c11-7-1-5-3-9(10(14)15)13-4-6(5)2-8(7)12;/h1-2,9,13H,3-4H2,(H,14,15);1H/t9-;/m1./s1. The fourth-order valence-corrected chi connectivity index (χ4v) is 1.68. The van der Waals surface area contributed by atoms with Crippen LogP contribution in [0, 0.1) is 11.6 Å². The van der Waals surface area contributed by atoms with Crippen LogP contribution in [0.3, 0.4) is 0 Å². The van der Waals surface area contributed by atoms with Crippen molar-refractivity contribution in [3.63, 3.8) is 0 Å². The van der Waals surface area contributed by atoms with Gasteiger partial charge < -0.3 is 10.4 Å². The first-order chi connectivity index (χ1) is 7.08. The summed E-state index contributed by atoms with van der Waals surface area (Å²) in [5.74, 6) is -2.81. The van der Waals surface area contributed by atoms with E-state index in [9.17, 15) is 13.6 Å². The first kappa shape index (κ1) is 12.9. The molecule has 1 aromatic carbocycles. The van der Waals surface area contributed by atoms with Crippen LogP contribution in [0.1, 0.15) is 11.1 Å². The van der Waals surface area contributed by atoms with Crippen molar-refractivity contribution in [1.29, 1.82) is 0 Å². The minimum absolute atomic E-state index is 0. The van der Waals surface area contributed by atoms with Gasteiger partial charge >= 0.3 is 5.97 Å². The highest BCUT2D eigenvalue weighted by atomic mass is 35.5. The van der Waals surface area contributed by atoms with Gasteiger partial charge in [0.05, 0.1) is 0 Å². The maximum atomic E-state index is 12.9. The molecule has 0 unspecified atom stereocenters. The molecular weight excluding hydrogens is 240 g/mol. The Labute approximate surface area is 96.9 Å². The molecule has 0 spiro atoms. The lowest BCUT2D eigenvalue weighted by molar-refractivity contribution is -0.139. The molecule has 0 amide bonds. The normalized spacial score (nSPS) is 18.5. The molecule has 88 valence electrons. The van der Waals surface area contributed by atoms with E-state index in [0.717, 1.165) is 12.1 Å². The van der Waals surface area contributed by atoms with Crippen molar-refractivity contribution in [2.75, 3.05) is 0 Å². The van der Waals surface area contributed by atoms with Gasteiger partial charge in [-0.1, -0.05) is 0 Å². The highest BCUT2D eigenvalue weighted by molar-refractivity contribution is 5.85. The number of carbonyl (C=O) groups is 1. The molecule has 0 bridgehead atoms. The molecule has 2 rings (SSSR count). The van der Waals surface area contributed by atoms with Crippen molar-refractivity contribution in [2.45, 2.75) is 19.0 Å². The summed E-state index contributed by atoms with van der Waals surface area (Å²) in [6.45, 7) is 0.253. The van der Waals surface area contributed by atoms with E-state index in [2.05, 4.69) is 5.32 Å². The van der Waals surface area contributed by atoms with E-state index in [4.69, 9.17) is 5.11 Å². The summed E-state index contributed by atoms with van der Waals surface area (Å²) in [6.07, 6.45) is 0.182.